The first-order valence-electron chi connectivity index (χ1n) is 4.82. The number of nitrogens with zero attached hydrogens (tertiary/aromatic N) is 2. The van der Waals surface area contributed by atoms with Gasteiger partial charge in [-0.05, 0) is 24.6 Å². The van der Waals surface area contributed by atoms with Crippen molar-refractivity contribution >= 4 is 16.4 Å². The maximum absolute atomic E-state index is 9.67. The molecule has 74 valence electrons. The van der Waals surface area contributed by atoms with E-state index in [9.17, 15) is 5.11 Å². The predicted molar refractivity (Wildman–Crippen MR) is 59.1 cm³/mol. The zero-order chi connectivity index (χ0) is 10.4. The van der Waals surface area contributed by atoms with Gasteiger partial charge in [-0.3, -0.25) is 0 Å². The summed E-state index contributed by atoms with van der Waals surface area (Å²) in [6, 6.07) is 10.1. The number of aromatic hydroxyl groups is 1. The van der Waals surface area contributed by atoms with Gasteiger partial charge in [0.1, 0.15) is 5.52 Å². The Bertz CT molecular complexity index is 655. The highest BCUT2D eigenvalue weighted by molar-refractivity contribution is 5.85. The molecule has 0 bridgehead atoms. The van der Waals surface area contributed by atoms with Gasteiger partial charge in [0.05, 0.1) is 11.7 Å². The van der Waals surface area contributed by atoms with Crippen molar-refractivity contribution in [3.63, 3.8) is 0 Å². The van der Waals surface area contributed by atoms with Crippen LogP contribution in [-0.2, 0) is 0 Å². The fourth-order valence-corrected chi connectivity index (χ4v) is 2.00. The Morgan fingerprint density at radius 2 is 2.07 bits per heavy atom. The molecule has 0 fully saturated rings. The molecule has 0 spiro atoms. The first-order valence-corrected chi connectivity index (χ1v) is 4.82. The average Bonchev–Trinajstić information content (AvgIpc) is 2.62. The van der Waals surface area contributed by atoms with Gasteiger partial charge in [-0.15, -0.1) is 0 Å². The van der Waals surface area contributed by atoms with Crippen LogP contribution in [0, 0.1) is 6.92 Å². The summed E-state index contributed by atoms with van der Waals surface area (Å²) in [6.45, 7) is 1.98. The number of hydrogen-bond acceptors (Lipinski definition) is 2. The van der Waals surface area contributed by atoms with E-state index in [1.807, 2.05) is 31.2 Å². The molecule has 0 saturated carbocycles. The Kier molecular flexibility index (Phi) is 1.51. The fourth-order valence-electron chi connectivity index (χ4n) is 2.00. The molecule has 2 heterocycles. The zero-order valence-corrected chi connectivity index (χ0v) is 8.31. The first-order chi connectivity index (χ1) is 7.27. The van der Waals surface area contributed by atoms with Gasteiger partial charge < -0.3 is 5.11 Å². The largest absolute Gasteiger partial charge is 0.504 e. The molecule has 0 radical (unpaired) electrons. The molecule has 1 aromatic carbocycles. The van der Waals surface area contributed by atoms with Crippen LogP contribution in [0.3, 0.4) is 0 Å². The maximum atomic E-state index is 9.67. The van der Waals surface area contributed by atoms with E-state index in [0.29, 0.717) is 0 Å². The summed E-state index contributed by atoms with van der Waals surface area (Å²) in [7, 11) is 0. The molecule has 3 aromatic rings. The zero-order valence-electron chi connectivity index (χ0n) is 8.31. The summed E-state index contributed by atoms with van der Waals surface area (Å²) in [5.74, 6) is 0.234. The van der Waals surface area contributed by atoms with E-state index in [1.54, 1.807) is 4.52 Å². The van der Waals surface area contributed by atoms with Crippen LogP contribution in [0.15, 0.2) is 36.5 Å². The van der Waals surface area contributed by atoms with Crippen molar-refractivity contribution in [2.24, 2.45) is 0 Å². The quantitative estimate of drug-likeness (QED) is 0.602. The van der Waals surface area contributed by atoms with Crippen LogP contribution in [0.25, 0.3) is 16.4 Å². The fraction of sp³-hybridized carbons (Fsp3) is 0.0833. The summed E-state index contributed by atoms with van der Waals surface area (Å²) in [5, 5.41) is 15.0. The van der Waals surface area contributed by atoms with Crippen molar-refractivity contribution in [2.45, 2.75) is 6.92 Å². The van der Waals surface area contributed by atoms with E-state index in [4.69, 9.17) is 0 Å². The van der Waals surface area contributed by atoms with Crippen molar-refractivity contribution in [2.75, 3.05) is 0 Å². The number of benzene rings is 1. The average molecular weight is 198 g/mol. The number of hydrogen-bond donors (Lipinski definition) is 1. The second-order valence-corrected chi connectivity index (χ2v) is 3.68. The third-order valence-electron chi connectivity index (χ3n) is 2.66. The van der Waals surface area contributed by atoms with Gasteiger partial charge in [-0.1, -0.05) is 18.2 Å². The third-order valence-corrected chi connectivity index (χ3v) is 2.66. The van der Waals surface area contributed by atoms with Gasteiger partial charge in [-0.25, -0.2) is 4.52 Å². The highest BCUT2D eigenvalue weighted by Crippen LogP contribution is 2.26. The van der Waals surface area contributed by atoms with Crippen molar-refractivity contribution < 1.29 is 5.11 Å². The summed E-state index contributed by atoms with van der Waals surface area (Å²) >= 11 is 0. The van der Waals surface area contributed by atoms with Gasteiger partial charge in [0.2, 0.25) is 0 Å². The Morgan fingerprint density at radius 1 is 1.27 bits per heavy atom. The normalized spacial score (nSPS) is 11.3. The summed E-state index contributed by atoms with van der Waals surface area (Å²) in [4.78, 5) is 0. The summed E-state index contributed by atoms with van der Waals surface area (Å²) < 4.78 is 1.78. The van der Waals surface area contributed by atoms with Gasteiger partial charge in [0.15, 0.2) is 5.75 Å². The lowest BCUT2D eigenvalue weighted by Gasteiger charge is -2.04. The molecule has 0 aliphatic rings. The number of aryl methyl sites for hydroxylation is 1. The molecule has 3 nitrogen and oxygen atoms in total. The standard InChI is InChI=1S/C12H10N2O/c1-8-6-9-4-2-3-5-10(9)14-12(8)11(15)7-13-14/h2-7,15H,1H3. The van der Waals surface area contributed by atoms with Gasteiger partial charge in [0, 0.05) is 5.39 Å². The van der Waals surface area contributed by atoms with Crippen LogP contribution < -0.4 is 0 Å². The van der Waals surface area contributed by atoms with E-state index in [2.05, 4.69) is 11.2 Å². The third kappa shape index (κ3) is 1.03. The molecule has 3 heteroatoms. The summed E-state index contributed by atoms with van der Waals surface area (Å²) in [6.07, 6.45) is 1.48. The van der Waals surface area contributed by atoms with Gasteiger partial charge in [-0.2, -0.15) is 5.10 Å². The highest BCUT2D eigenvalue weighted by atomic mass is 16.3. The molecule has 0 saturated heterocycles. The number of para-hydroxylation sites is 1. The number of pyridine rings is 1. The maximum Gasteiger partial charge on any atom is 0.161 e. The molecule has 0 amide bonds. The topological polar surface area (TPSA) is 37.5 Å². The molecule has 0 aliphatic carbocycles. The van der Waals surface area contributed by atoms with Crippen molar-refractivity contribution in [3.05, 3.63) is 42.1 Å². The minimum absolute atomic E-state index is 0.234. The molecule has 0 unspecified atom stereocenters. The Hall–Kier alpha value is -2.03. The van der Waals surface area contributed by atoms with Gasteiger partial charge >= 0.3 is 0 Å². The van der Waals surface area contributed by atoms with E-state index in [-0.39, 0.29) is 5.75 Å². The minimum atomic E-state index is 0.234. The van der Waals surface area contributed by atoms with E-state index in [1.165, 1.54) is 6.20 Å². The van der Waals surface area contributed by atoms with E-state index < -0.39 is 0 Å². The second kappa shape index (κ2) is 2.73. The van der Waals surface area contributed by atoms with Crippen LogP contribution in [-0.4, -0.2) is 14.7 Å². The summed E-state index contributed by atoms with van der Waals surface area (Å²) in [5.41, 5.74) is 2.83. The lowest BCUT2D eigenvalue weighted by atomic mass is 10.1. The van der Waals surface area contributed by atoms with Gasteiger partial charge in [0.25, 0.3) is 0 Å². The van der Waals surface area contributed by atoms with Crippen LogP contribution >= 0.6 is 0 Å². The highest BCUT2D eigenvalue weighted by Gasteiger charge is 2.08. The molecule has 3 rings (SSSR count). The second-order valence-electron chi connectivity index (χ2n) is 3.68. The SMILES string of the molecule is Cc1cc2ccccc2n2ncc(O)c12. The molecule has 0 atom stereocenters. The minimum Gasteiger partial charge on any atom is -0.504 e. The molecule has 2 aromatic heterocycles. The Morgan fingerprint density at radius 3 is 2.93 bits per heavy atom. The van der Waals surface area contributed by atoms with Crippen molar-refractivity contribution in [3.8, 4) is 5.75 Å². The van der Waals surface area contributed by atoms with Crippen LogP contribution in [0.1, 0.15) is 5.56 Å². The Balaban J connectivity index is 2.65. The van der Waals surface area contributed by atoms with Crippen molar-refractivity contribution in [1.29, 1.82) is 0 Å². The number of aromatic nitrogens is 2. The lowest BCUT2D eigenvalue weighted by Crippen LogP contribution is -1.91. The van der Waals surface area contributed by atoms with Crippen LogP contribution in [0.4, 0.5) is 0 Å². The predicted octanol–water partition coefficient (Wildman–Crippen LogP) is 2.50. The molecular weight excluding hydrogens is 188 g/mol. The van der Waals surface area contributed by atoms with Crippen molar-refractivity contribution in [1.82, 2.24) is 9.61 Å². The molecule has 15 heavy (non-hydrogen) atoms. The van der Waals surface area contributed by atoms with E-state index in [0.717, 1.165) is 22.0 Å². The smallest absolute Gasteiger partial charge is 0.161 e. The first kappa shape index (κ1) is 8.29. The number of rotatable bonds is 0. The number of fused-ring (bicyclic) bond motifs is 3. The molecular formula is C12H10N2O. The van der Waals surface area contributed by atoms with E-state index >= 15 is 0 Å². The van der Waals surface area contributed by atoms with Crippen LogP contribution in [0.2, 0.25) is 0 Å². The monoisotopic (exact) mass is 198 g/mol. The van der Waals surface area contributed by atoms with Crippen LogP contribution in [0.5, 0.6) is 5.75 Å². The lowest BCUT2D eigenvalue weighted by molar-refractivity contribution is 0.481. The molecule has 0 aliphatic heterocycles. The molecule has 1 N–H and O–H groups in total. The Labute approximate surface area is 86.6 Å².